The van der Waals surface area contributed by atoms with Gasteiger partial charge in [0, 0.05) is 6.42 Å². The minimum absolute atomic E-state index is 0.103. The molecule has 1 aliphatic rings. The molecule has 1 saturated carbocycles. The Balaban J connectivity index is 2.22. The zero-order valence-corrected chi connectivity index (χ0v) is 18.1. The second-order valence-electron chi connectivity index (χ2n) is 8.69. The predicted molar refractivity (Wildman–Crippen MR) is 111 cm³/mol. The standard InChI is InChI=1S/C22H32N2O6/c1-21(2,3)30-20(28)23-17(14-15-8-10-16(25)11-9-15)18(26)24-22(19(27)29-4)12-6-5-7-13-22/h8-11,17,25H,5-7,12-14H2,1-4H3,(H,23,28)(H,24,26)/t17-/m0/s1. The van der Waals surface area contributed by atoms with E-state index in [1.807, 2.05) is 0 Å². The first kappa shape index (κ1) is 23.5. The van der Waals surface area contributed by atoms with Gasteiger partial charge in [-0.15, -0.1) is 0 Å². The van der Waals surface area contributed by atoms with Crippen LogP contribution in [-0.2, 0) is 25.5 Å². The van der Waals surface area contributed by atoms with Crippen LogP contribution in [0.4, 0.5) is 4.79 Å². The first-order valence-corrected chi connectivity index (χ1v) is 10.2. The monoisotopic (exact) mass is 420 g/mol. The number of carbonyl (C=O) groups excluding carboxylic acids is 3. The lowest BCUT2D eigenvalue weighted by Crippen LogP contribution is -2.61. The summed E-state index contributed by atoms with van der Waals surface area (Å²) in [6, 6.07) is 5.39. The lowest BCUT2D eigenvalue weighted by Gasteiger charge is -2.36. The highest BCUT2D eigenvalue weighted by Crippen LogP contribution is 2.29. The Kier molecular flexibility index (Phi) is 7.70. The molecule has 1 aromatic rings. The largest absolute Gasteiger partial charge is 0.508 e. The fourth-order valence-electron chi connectivity index (χ4n) is 3.58. The zero-order valence-electron chi connectivity index (χ0n) is 18.1. The summed E-state index contributed by atoms with van der Waals surface area (Å²) >= 11 is 0. The topological polar surface area (TPSA) is 114 Å². The number of hydrogen-bond acceptors (Lipinski definition) is 6. The van der Waals surface area contributed by atoms with Crippen LogP contribution < -0.4 is 10.6 Å². The Hall–Kier alpha value is -2.77. The fourth-order valence-corrected chi connectivity index (χ4v) is 3.58. The SMILES string of the molecule is COC(=O)C1(NC(=O)[C@H](Cc2ccc(O)cc2)NC(=O)OC(C)(C)C)CCCCC1. The number of benzene rings is 1. The van der Waals surface area contributed by atoms with Gasteiger partial charge in [0.25, 0.3) is 0 Å². The molecule has 1 aliphatic carbocycles. The third-order valence-corrected chi connectivity index (χ3v) is 5.03. The molecule has 0 aromatic heterocycles. The van der Waals surface area contributed by atoms with Crippen molar-refractivity contribution < 1.29 is 29.0 Å². The third kappa shape index (κ3) is 6.64. The first-order valence-electron chi connectivity index (χ1n) is 10.2. The van der Waals surface area contributed by atoms with Crippen molar-refractivity contribution in [1.82, 2.24) is 10.6 Å². The van der Waals surface area contributed by atoms with Crippen LogP contribution in [0, 0.1) is 0 Å². The van der Waals surface area contributed by atoms with Gasteiger partial charge in [0.2, 0.25) is 5.91 Å². The highest BCUT2D eigenvalue weighted by Gasteiger charge is 2.43. The van der Waals surface area contributed by atoms with Crippen molar-refractivity contribution >= 4 is 18.0 Å². The Labute approximate surface area is 177 Å². The maximum atomic E-state index is 13.2. The predicted octanol–water partition coefficient (Wildman–Crippen LogP) is 2.82. The molecule has 0 spiro atoms. The second kappa shape index (κ2) is 9.82. The summed E-state index contributed by atoms with van der Waals surface area (Å²) in [5.74, 6) is -0.857. The van der Waals surface area contributed by atoms with Gasteiger partial charge >= 0.3 is 12.1 Å². The van der Waals surface area contributed by atoms with Crippen molar-refractivity contribution in [3.05, 3.63) is 29.8 Å². The first-order chi connectivity index (χ1) is 14.0. The summed E-state index contributed by atoms with van der Waals surface area (Å²) < 4.78 is 10.3. The Bertz CT molecular complexity index is 748. The molecule has 8 nitrogen and oxygen atoms in total. The molecule has 0 heterocycles. The number of amides is 2. The van der Waals surface area contributed by atoms with Crippen LogP contribution in [-0.4, -0.2) is 47.4 Å². The van der Waals surface area contributed by atoms with E-state index in [-0.39, 0.29) is 12.2 Å². The van der Waals surface area contributed by atoms with Crippen molar-refractivity contribution in [2.45, 2.75) is 76.5 Å². The molecule has 0 bridgehead atoms. The van der Waals surface area contributed by atoms with Crippen LogP contribution in [0.2, 0.25) is 0 Å². The number of rotatable bonds is 6. The number of ether oxygens (including phenoxy) is 2. The van der Waals surface area contributed by atoms with Gasteiger partial charge in [-0.2, -0.15) is 0 Å². The van der Waals surface area contributed by atoms with Crippen LogP contribution >= 0.6 is 0 Å². The lowest BCUT2D eigenvalue weighted by atomic mass is 9.81. The van der Waals surface area contributed by atoms with Gasteiger partial charge in [0.15, 0.2) is 0 Å². The highest BCUT2D eigenvalue weighted by molar-refractivity contribution is 5.92. The molecule has 3 N–H and O–H groups in total. The van der Waals surface area contributed by atoms with Crippen molar-refractivity contribution in [3.8, 4) is 5.75 Å². The van der Waals surface area contributed by atoms with Crippen LogP contribution in [0.25, 0.3) is 0 Å². The maximum Gasteiger partial charge on any atom is 0.408 e. The number of alkyl carbamates (subject to hydrolysis) is 1. The van der Waals surface area contributed by atoms with Crippen molar-refractivity contribution in [2.75, 3.05) is 7.11 Å². The molecule has 2 amide bonds. The minimum atomic E-state index is -1.09. The number of methoxy groups -OCH3 is 1. The molecule has 1 fully saturated rings. The van der Waals surface area contributed by atoms with E-state index in [1.54, 1.807) is 32.9 Å². The van der Waals surface area contributed by atoms with Gasteiger partial charge in [-0.1, -0.05) is 31.4 Å². The van der Waals surface area contributed by atoms with Gasteiger partial charge in [-0.25, -0.2) is 9.59 Å². The van der Waals surface area contributed by atoms with E-state index < -0.39 is 35.2 Å². The van der Waals surface area contributed by atoms with Crippen LogP contribution in [0.5, 0.6) is 5.75 Å². The number of nitrogens with one attached hydrogen (secondary N) is 2. The quantitative estimate of drug-likeness (QED) is 0.610. The summed E-state index contributed by atoms with van der Waals surface area (Å²) in [4.78, 5) is 38.0. The van der Waals surface area contributed by atoms with Gasteiger partial charge in [-0.05, 0) is 51.3 Å². The molecule has 0 saturated heterocycles. The Morgan fingerprint density at radius 3 is 2.23 bits per heavy atom. The second-order valence-corrected chi connectivity index (χ2v) is 8.69. The third-order valence-electron chi connectivity index (χ3n) is 5.03. The van der Waals surface area contributed by atoms with E-state index in [9.17, 15) is 19.5 Å². The number of phenolic OH excluding ortho intramolecular Hbond substituents is 1. The fraction of sp³-hybridized carbons (Fsp3) is 0.591. The molecule has 0 radical (unpaired) electrons. The van der Waals surface area contributed by atoms with Crippen molar-refractivity contribution in [3.63, 3.8) is 0 Å². The summed E-state index contributed by atoms with van der Waals surface area (Å²) in [6.07, 6.45) is 3.02. The van der Waals surface area contributed by atoms with E-state index in [2.05, 4.69) is 10.6 Å². The van der Waals surface area contributed by atoms with E-state index in [4.69, 9.17) is 9.47 Å². The van der Waals surface area contributed by atoms with Gasteiger partial charge in [-0.3, -0.25) is 4.79 Å². The average molecular weight is 421 g/mol. The van der Waals surface area contributed by atoms with E-state index >= 15 is 0 Å². The van der Waals surface area contributed by atoms with E-state index in [0.29, 0.717) is 12.8 Å². The molecular formula is C22H32N2O6. The molecule has 166 valence electrons. The number of phenols is 1. The average Bonchev–Trinajstić information content (AvgIpc) is 2.67. The maximum absolute atomic E-state index is 13.2. The van der Waals surface area contributed by atoms with Crippen molar-refractivity contribution in [2.24, 2.45) is 0 Å². The summed E-state index contributed by atoms with van der Waals surface area (Å²) in [5.41, 5.74) is -1.08. The van der Waals surface area contributed by atoms with E-state index in [1.165, 1.54) is 19.2 Å². The molecule has 2 rings (SSSR count). The molecule has 1 atom stereocenters. The Morgan fingerprint density at radius 1 is 1.10 bits per heavy atom. The smallest absolute Gasteiger partial charge is 0.408 e. The minimum Gasteiger partial charge on any atom is -0.508 e. The van der Waals surface area contributed by atoms with Gasteiger partial charge < -0.3 is 25.2 Å². The number of aromatic hydroxyl groups is 1. The summed E-state index contributed by atoms with van der Waals surface area (Å²) in [7, 11) is 1.30. The molecule has 30 heavy (non-hydrogen) atoms. The summed E-state index contributed by atoms with van der Waals surface area (Å²) in [6.45, 7) is 5.20. The van der Waals surface area contributed by atoms with Crippen LogP contribution in [0.3, 0.4) is 0 Å². The number of esters is 1. The van der Waals surface area contributed by atoms with Crippen LogP contribution in [0.1, 0.15) is 58.4 Å². The molecule has 0 unspecified atom stereocenters. The Morgan fingerprint density at radius 2 is 1.70 bits per heavy atom. The molecular weight excluding hydrogens is 388 g/mol. The van der Waals surface area contributed by atoms with Gasteiger partial charge in [0.05, 0.1) is 7.11 Å². The summed E-state index contributed by atoms with van der Waals surface area (Å²) in [5, 5.41) is 15.0. The molecule has 0 aliphatic heterocycles. The van der Waals surface area contributed by atoms with Crippen LogP contribution in [0.15, 0.2) is 24.3 Å². The highest BCUT2D eigenvalue weighted by atomic mass is 16.6. The lowest BCUT2D eigenvalue weighted by molar-refractivity contribution is -0.152. The number of hydrogen-bond donors (Lipinski definition) is 3. The van der Waals surface area contributed by atoms with Gasteiger partial charge in [0.1, 0.15) is 22.9 Å². The molecule has 8 heteroatoms. The normalized spacial score (nSPS) is 16.8. The zero-order chi connectivity index (χ0) is 22.4. The van der Waals surface area contributed by atoms with E-state index in [0.717, 1.165) is 24.8 Å². The molecule has 1 aromatic carbocycles. The number of carbonyl (C=O) groups is 3. The van der Waals surface area contributed by atoms with Crippen molar-refractivity contribution in [1.29, 1.82) is 0 Å².